The van der Waals surface area contributed by atoms with Gasteiger partial charge in [0.1, 0.15) is 6.54 Å². The molecule has 0 unspecified atom stereocenters. The maximum atomic E-state index is 11.8. The molecular formula is C11H17N7O. The summed E-state index contributed by atoms with van der Waals surface area (Å²) in [6.07, 6.45) is 5.05. The number of hydrogen-bond donors (Lipinski definition) is 2. The summed E-state index contributed by atoms with van der Waals surface area (Å²) in [4.78, 5) is 11.8. The lowest BCUT2D eigenvalue weighted by atomic mass is 10.4. The number of amides is 1. The number of nitrogens with zero attached hydrogens (tertiary/aromatic N) is 5. The van der Waals surface area contributed by atoms with Crippen LogP contribution >= 0.6 is 0 Å². The van der Waals surface area contributed by atoms with Crippen molar-refractivity contribution >= 4 is 11.6 Å². The first-order valence-electron chi connectivity index (χ1n) is 6.01. The molecule has 1 amide bonds. The number of carbonyl (C=O) groups excluding carboxylic acids is 1. The summed E-state index contributed by atoms with van der Waals surface area (Å²) in [6.45, 7) is 4.44. The zero-order valence-corrected chi connectivity index (χ0v) is 10.9. The molecule has 0 aliphatic heterocycles. The molecular weight excluding hydrogens is 246 g/mol. The zero-order chi connectivity index (χ0) is 13.8. The molecule has 0 radical (unpaired) electrons. The van der Waals surface area contributed by atoms with E-state index in [1.165, 1.54) is 4.68 Å². The van der Waals surface area contributed by atoms with E-state index in [-0.39, 0.29) is 18.5 Å². The Morgan fingerprint density at radius 1 is 1.47 bits per heavy atom. The van der Waals surface area contributed by atoms with Crippen LogP contribution in [0.5, 0.6) is 0 Å². The second-order valence-electron chi connectivity index (χ2n) is 4.46. The number of carbonyl (C=O) groups is 1. The summed E-state index contributed by atoms with van der Waals surface area (Å²) in [7, 11) is 0. The Bertz CT molecular complexity index is 557. The fourth-order valence-electron chi connectivity index (χ4n) is 1.54. The Balaban J connectivity index is 1.93. The van der Waals surface area contributed by atoms with E-state index >= 15 is 0 Å². The Morgan fingerprint density at radius 3 is 2.84 bits per heavy atom. The van der Waals surface area contributed by atoms with Crippen molar-refractivity contribution in [3.63, 3.8) is 0 Å². The van der Waals surface area contributed by atoms with Crippen molar-refractivity contribution in [3.8, 4) is 0 Å². The van der Waals surface area contributed by atoms with Crippen molar-refractivity contribution in [1.82, 2.24) is 24.8 Å². The molecule has 0 spiro atoms. The largest absolute Gasteiger partial charge is 0.325 e. The molecule has 2 aromatic heterocycles. The third kappa shape index (κ3) is 3.38. The molecule has 0 saturated carbocycles. The lowest BCUT2D eigenvalue weighted by molar-refractivity contribution is -0.116. The van der Waals surface area contributed by atoms with Crippen molar-refractivity contribution in [2.45, 2.75) is 33.0 Å². The Hall–Kier alpha value is -2.22. The number of aromatic nitrogens is 5. The molecule has 19 heavy (non-hydrogen) atoms. The number of nitrogens with two attached hydrogens (primary N) is 1. The number of anilines is 1. The van der Waals surface area contributed by atoms with E-state index in [2.05, 4.69) is 20.7 Å². The predicted octanol–water partition coefficient (Wildman–Crippen LogP) is 0.153. The summed E-state index contributed by atoms with van der Waals surface area (Å²) >= 11 is 0. The molecule has 8 nitrogen and oxygen atoms in total. The summed E-state index contributed by atoms with van der Waals surface area (Å²) in [5.74, 6) is -0.184. The second kappa shape index (κ2) is 5.61. The number of nitrogens with one attached hydrogen (secondary N) is 1. The quantitative estimate of drug-likeness (QED) is 0.799. The fraction of sp³-hybridized carbons (Fsp3) is 0.455. The highest BCUT2D eigenvalue weighted by molar-refractivity contribution is 5.90. The summed E-state index contributed by atoms with van der Waals surface area (Å²) in [5.41, 5.74) is 6.74. The monoisotopic (exact) mass is 263 g/mol. The van der Waals surface area contributed by atoms with E-state index in [1.54, 1.807) is 23.3 Å². The minimum Gasteiger partial charge on any atom is -0.325 e. The minimum atomic E-state index is -0.184. The van der Waals surface area contributed by atoms with Crippen LogP contribution in [0.4, 0.5) is 5.69 Å². The maximum absolute atomic E-state index is 11.8. The Kier molecular flexibility index (Phi) is 3.91. The first kappa shape index (κ1) is 13.2. The van der Waals surface area contributed by atoms with Crippen molar-refractivity contribution in [1.29, 1.82) is 0 Å². The second-order valence-corrected chi connectivity index (χ2v) is 4.46. The third-order valence-electron chi connectivity index (χ3n) is 2.52. The molecule has 0 atom stereocenters. The van der Waals surface area contributed by atoms with Gasteiger partial charge in [-0.3, -0.25) is 9.48 Å². The van der Waals surface area contributed by atoms with Gasteiger partial charge in [0.2, 0.25) is 5.91 Å². The summed E-state index contributed by atoms with van der Waals surface area (Å²) in [5, 5.41) is 14.5. The van der Waals surface area contributed by atoms with Gasteiger partial charge < -0.3 is 11.1 Å². The molecule has 0 bridgehead atoms. The molecule has 0 aliphatic rings. The highest BCUT2D eigenvalue weighted by Crippen LogP contribution is 2.09. The van der Waals surface area contributed by atoms with Crippen LogP contribution in [0, 0.1) is 0 Å². The van der Waals surface area contributed by atoms with Gasteiger partial charge in [-0.25, -0.2) is 4.68 Å². The SMILES string of the molecule is CC(C)n1cc(NC(=O)Cn2cc(CN)nn2)cn1. The predicted molar refractivity (Wildman–Crippen MR) is 69.2 cm³/mol. The van der Waals surface area contributed by atoms with Crippen LogP contribution in [0.2, 0.25) is 0 Å². The smallest absolute Gasteiger partial charge is 0.246 e. The molecule has 2 rings (SSSR count). The molecule has 8 heteroatoms. The normalized spacial score (nSPS) is 10.9. The van der Waals surface area contributed by atoms with Crippen LogP contribution in [0.3, 0.4) is 0 Å². The average molecular weight is 263 g/mol. The lowest BCUT2D eigenvalue weighted by Gasteiger charge is -2.04. The lowest BCUT2D eigenvalue weighted by Crippen LogP contribution is -2.18. The van der Waals surface area contributed by atoms with Crippen LogP contribution in [0.15, 0.2) is 18.6 Å². The van der Waals surface area contributed by atoms with E-state index in [1.807, 2.05) is 13.8 Å². The molecule has 0 saturated heterocycles. The highest BCUT2D eigenvalue weighted by atomic mass is 16.2. The van der Waals surface area contributed by atoms with Gasteiger partial charge in [0.05, 0.1) is 23.8 Å². The van der Waals surface area contributed by atoms with Crippen LogP contribution in [0.1, 0.15) is 25.6 Å². The summed E-state index contributed by atoms with van der Waals surface area (Å²) < 4.78 is 3.22. The average Bonchev–Trinajstić information content (AvgIpc) is 2.98. The number of hydrogen-bond acceptors (Lipinski definition) is 5. The van der Waals surface area contributed by atoms with Gasteiger partial charge in [-0.15, -0.1) is 5.10 Å². The van der Waals surface area contributed by atoms with E-state index in [4.69, 9.17) is 5.73 Å². The fourth-order valence-corrected chi connectivity index (χ4v) is 1.54. The van der Waals surface area contributed by atoms with E-state index < -0.39 is 0 Å². The van der Waals surface area contributed by atoms with Crippen LogP contribution in [0.25, 0.3) is 0 Å². The van der Waals surface area contributed by atoms with Crippen LogP contribution in [-0.2, 0) is 17.9 Å². The van der Waals surface area contributed by atoms with Gasteiger partial charge in [-0.1, -0.05) is 5.21 Å². The highest BCUT2D eigenvalue weighted by Gasteiger charge is 2.08. The van der Waals surface area contributed by atoms with E-state index in [0.29, 0.717) is 17.9 Å². The van der Waals surface area contributed by atoms with Crippen LogP contribution < -0.4 is 11.1 Å². The Labute approximate surface area is 110 Å². The van der Waals surface area contributed by atoms with Crippen molar-refractivity contribution in [3.05, 3.63) is 24.3 Å². The van der Waals surface area contributed by atoms with E-state index in [0.717, 1.165) is 0 Å². The van der Waals surface area contributed by atoms with Crippen molar-refractivity contribution in [2.75, 3.05) is 5.32 Å². The first-order valence-corrected chi connectivity index (χ1v) is 6.01. The van der Waals surface area contributed by atoms with Gasteiger partial charge in [0.15, 0.2) is 0 Å². The molecule has 2 heterocycles. The van der Waals surface area contributed by atoms with Crippen molar-refractivity contribution < 1.29 is 4.79 Å². The van der Waals surface area contributed by atoms with Crippen molar-refractivity contribution in [2.24, 2.45) is 5.73 Å². The van der Waals surface area contributed by atoms with Crippen LogP contribution in [-0.4, -0.2) is 30.7 Å². The van der Waals surface area contributed by atoms with Gasteiger partial charge in [-0.05, 0) is 13.8 Å². The van der Waals surface area contributed by atoms with Gasteiger partial charge >= 0.3 is 0 Å². The molecule has 0 fully saturated rings. The van der Waals surface area contributed by atoms with Gasteiger partial charge in [0, 0.05) is 18.8 Å². The standard InChI is InChI=1S/C11H17N7O/c1-8(2)18-6-10(4-13-18)14-11(19)7-17-5-9(3-12)15-16-17/h4-6,8H,3,7,12H2,1-2H3,(H,14,19). The minimum absolute atomic E-state index is 0.0971. The van der Waals surface area contributed by atoms with Gasteiger partial charge in [-0.2, -0.15) is 5.10 Å². The summed E-state index contributed by atoms with van der Waals surface area (Å²) in [6, 6.07) is 0.257. The molecule has 2 aromatic rings. The molecule has 0 aromatic carbocycles. The zero-order valence-electron chi connectivity index (χ0n) is 10.9. The Morgan fingerprint density at radius 2 is 2.26 bits per heavy atom. The molecule has 3 N–H and O–H groups in total. The first-order chi connectivity index (χ1) is 9.08. The topological polar surface area (TPSA) is 104 Å². The molecule has 102 valence electrons. The molecule has 0 aliphatic carbocycles. The maximum Gasteiger partial charge on any atom is 0.246 e. The van der Waals surface area contributed by atoms with Gasteiger partial charge in [0.25, 0.3) is 0 Å². The van der Waals surface area contributed by atoms with E-state index in [9.17, 15) is 4.79 Å². The number of rotatable bonds is 5. The third-order valence-corrected chi connectivity index (χ3v) is 2.52.